The summed E-state index contributed by atoms with van der Waals surface area (Å²) < 4.78 is 7.64. The Morgan fingerprint density at radius 2 is 1.92 bits per heavy atom. The summed E-state index contributed by atoms with van der Waals surface area (Å²) in [5.74, 6) is 0. The topological polar surface area (TPSA) is 39.1 Å². The van der Waals surface area contributed by atoms with Crippen LogP contribution in [0.25, 0.3) is 5.69 Å². The Balaban J connectivity index is 1.65. The van der Waals surface area contributed by atoms with Gasteiger partial charge >= 0.3 is 0 Å². The van der Waals surface area contributed by atoms with E-state index in [4.69, 9.17) is 9.84 Å². The summed E-state index contributed by atoms with van der Waals surface area (Å²) >= 11 is 0. The highest BCUT2D eigenvalue weighted by Crippen LogP contribution is 2.41. The smallest absolute Gasteiger partial charge is 0.0648 e. The van der Waals surface area contributed by atoms with Gasteiger partial charge in [0.15, 0.2) is 0 Å². The first-order valence-electron chi connectivity index (χ1n) is 9.08. The third-order valence-corrected chi connectivity index (χ3v) is 5.34. The van der Waals surface area contributed by atoms with Gasteiger partial charge in [0, 0.05) is 36.6 Å². The summed E-state index contributed by atoms with van der Waals surface area (Å²) in [6.45, 7) is 6.50. The summed E-state index contributed by atoms with van der Waals surface area (Å²) in [7, 11) is 0. The van der Waals surface area contributed by atoms with Gasteiger partial charge in [0.05, 0.1) is 11.9 Å². The number of rotatable bonds is 3. The van der Waals surface area contributed by atoms with Crippen LogP contribution in [0, 0.1) is 5.41 Å². The van der Waals surface area contributed by atoms with E-state index in [0.717, 1.165) is 44.6 Å². The van der Waals surface area contributed by atoms with E-state index in [1.165, 1.54) is 11.3 Å². The van der Waals surface area contributed by atoms with Crippen LogP contribution in [-0.2, 0) is 11.2 Å². The molecule has 0 bridgehead atoms. The molecule has 4 rings (SSSR count). The van der Waals surface area contributed by atoms with Gasteiger partial charge in [-0.2, -0.15) is 5.10 Å². The largest absolute Gasteiger partial charge is 0.381 e. The minimum atomic E-state index is 0.280. The van der Waals surface area contributed by atoms with Crippen molar-refractivity contribution in [3.8, 4) is 5.69 Å². The number of nitrogens with one attached hydrogen (secondary N) is 1. The number of hydrogen-bond acceptors (Lipinski definition) is 3. The fourth-order valence-corrected chi connectivity index (χ4v) is 4.13. The third-order valence-electron chi connectivity index (χ3n) is 5.34. The number of aromatic nitrogens is 2. The van der Waals surface area contributed by atoms with Crippen molar-refractivity contribution < 1.29 is 4.74 Å². The van der Waals surface area contributed by atoms with Gasteiger partial charge in [0.25, 0.3) is 0 Å². The minimum Gasteiger partial charge on any atom is -0.381 e. The average molecular weight is 325 g/mol. The lowest BCUT2D eigenvalue weighted by Crippen LogP contribution is -2.41. The highest BCUT2D eigenvalue weighted by atomic mass is 16.5. The maximum absolute atomic E-state index is 5.50. The molecule has 24 heavy (non-hydrogen) atoms. The van der Waals surface area contributed by atoms with Crippen molar-refractivity contribution >= 4 is 0 Å². The Morgan fingerprint density at radius 1 is 1.17 bits per heavy atom. The number of ether oxygens (including phenoxy) is 1. The van der Waals surface area contributed by atoms with Crippen LogP contribution in [0.15, 0.2) is 36.5 Å². The Bertz CT molecular complexity index is 686. The predicted octanol–water partition coefficient (Wildman–Crippen LogP) is 3.65. The second-order valence-electron chi connectivity index (χ2n) is 7.94. The lowest BCUT2D eigenvalue weighted by Gasteiger charge is -2.38. The molecule has 4 nitrogen and oxygen atoms in total. The van der Waals surface area contributed by atoms with E-state index in [1.807, 2.05) is 0 Å². The summed E-state index contributed by atoms with van der Waals surface area (Å²) in [4.78, 5) is 0. The van der Waals surface area contributed by atoms with E-state index in [1.54, 1.807) is 0 Å². The molecule has 1 N–H and O–H groups in total. The van der Waals surface area contributed by atoms with Crippen LogP contribution in [0.5, 0.6) is 0 Å². The normalized spacial score (nSPS) is 23.8. The Morgan fingerprint density at radius 3 is 2.67 bits per heavy atom. The van der Waals surface area contributed by atoms with Crippen molar-refractivity contribution in [3.63, 3.8) is 0 Å². The van der Waals surface area contributed by atoms with Gasteiger partial charge in [-0.3, -0.25) is 0 Å². The van der Waals surface area contributed by atoms with Gasteiger partial charge in [-0.25, -0.2) is 4.68 Å². The molecule has 0 spiro atoms. The van der Waals surface area contributed by atoms with Gasteiger partial charge in [-0.1, -0.05) is 32.0 Å². The summed E-state index contributed by atoms with van der Waals surface area (Å²) in [5.41, 5.74) is 4.18. The standard InChI is InChI=1S/C20H27N3O/c1-20(2)12-18(22-15-8-10-24-11-9-15)17-14-21-23(19(17)13-20)16-6-4-3-5-7-16/h3-7,14-15,18,22H,8-13H2,1-2H3/t18-/m1/s1. The van der Waals surface area contributed by atoms with Crippen molar-refractivity contribution in [2.24, 2.45) is 5.41 Å². The second-order valence-corrected chi connectivity index (χ2v) is 7.94. The molecule has 0 saturated carbocycles. The van der Waals surface area contributed by atoms with Crippen molar-refractivity contribution in [3.05, 3.63) is 47.8 Å². The van der Waals surface area contributed by atoms with Crippen molar-refractivity contribution in [1.82, 2.24) is 15.1 Å². The van der Waals surface area contributed by atoms with Crippen molar-refractivity contribution in [2.75, 3.05) is 13.2 Å². The fraction of sp³-hybridized carbons (Fsp3) is 0.550. The first kappa shape index (κ1) is 15.9. The van der Waals surface area contributed by atoms with Crippen LogP contribution in [0.1, 0.15) is 50.4 Å². The molecule has 1 atom stereocenters. The van der Waals surface area contributed by atoms with Crippen LogP contribution in [0.2, 0.25) is 0 Å². The Labute approximate surface area is 144 Å². The van der Waals surface area contributed by atoms with E-state index in [-0.39, 0.29) is 5.41 Å². The van der Waals surface area contributed by atoms with Gasteiger partial charge in [-0.05, 0) is 43.2 Å². The van der Waals surface area contributed by atoms with Crippen LogP contribution < -0.4 is 5.32 Å². The molecule has 0 amide bonds. The number of fused-ring (bicyclic) bond motifs is 1. The zero-order valence-corrected chi connectivity index (χ0v) is 14.7. The summed E-state index contributed by atoms with van der Waals surface area (Å²) in [6.07, 6.45) is 6.54. The van der Waals surface area contributed by atoms with E-state index >= 15 is 0 Å². The lowest BCUT2D eigenvalue weighted by molar-refractivity contribution is 0.0717. The zero-order chi connectivity index (χ0) is 16.6. The number of benzene rings is 1. The molecule has 1 aliphatic carbocycles. The molecule has 2 heterocycles. The second kappa shape index (κ2) is 6.34. The van der Waals surface area contributed by atoms with E-state index in [0.29, 0.717) is 12.1 Å². The maximum Gasteiger partial charge on any atom is 0.0648 e. The molecule has 4 heteroatoms. The third kappa shape index (κ3) is 3.13. The van der Waals surface area contributed by atoms with Gasteiger partial charge in [0.1, 0.15) is 0 Å². The highest BCUT2D eigenvalue weighted by Gasteiger charge is 2.36. The first-order chi connectivity index (χ1) is 11.6. The van der Waals surface area contributed by atoms with Gasteiger partial charge in [-0.15, -0.1) is 0 Å². The maximum atomic E-state index is 5.50. The predicted molar refractivity (Wildman–Crippen MR) is 95.4 cm³/mol. The number of hydrogen-bond donors (Lipinski definition) is 1. The van der Waals surface area contributed by atoms with Gasteiger partial charge in [0.2, 0.25) is 0 Å². The number of nitrogens with zero attached hydrogens (tertiary/aromatic N) is 2. The molecule has 1 fully saturated rings. The highest BCUT2D eigenvalue weighted by molar-refractivity contribution is 5.37. The molecule has 2 aliphatic rings. The lowest BCUT2D eigenvalue weighted by atomic mass is 9.74. The molecular formula is C20H27N3O. The van der Waals surface area contributed by atoms with E-state index in [2.05, 4.69) is 60.4 Å². The fourth-order valence-electron chi connectivity index (χ4n) is 4.13. The number of para-hydroxylation sites is 1. The van der Waals surface area contributed by atoms with Crippen molar-refractivity contribution in [1.29, 1.82) is 0 Å². The van der Waals surface area contributed by atoms with E-state index in [9.17, 15) is 0 Å². The van der Waals surface area contributed by atoms with Crippen LogP contribution in [-0.4, -0.2) is 29.0 Å². The molecule has 0 unspecified atom stereocenters. The molecule has 1 aromatic carbocycles. The molecular weight excluding hydrogens is 298 g/mol. The molecule has 0 radical (unpaired) electrons. The van der Waals surface area contributed by atoms with Crippen LogP contribution in [0.4, 0.5) is 0 Å². The van der Waals surface area contributed by atoms with Gasteiger partial charge < -0.3 is 10.1 Å². The molecule has 1 saturated heterocycles. The zero-order valence-electron chi connectivity index (χ0n) is 14.7. The van der Waals surface area contributed by atoms with Crippen molar-refractivity contribution in [2.45, 2.75) is 51.6 Å². The Hall–Kier alpha value is -1.65. The van der Waals surface area contributed by atoms with E-state index < -0.39 is 0 Å². The Kier molecular flexibility index (Phi) is 4.19. The molecule has 128 valence electrons. The monoisotopic (exact) mass is 325 g/mol. The molecule has 1 aromatic heterocycles. The first-order valence-corrected chi connectivity index (χ1v) is 9.08. The average Bonchev–Trinajstić information content (AvgIpc) is 2.99. The molecule has 1 aliphatic heterocycles. The summed E-state index contributed by atoms with van der Waals surface area (Å²) in [6, 6.07) is 11.4. The SMILES string of the molecule is CC1(C)Cc2c(cnn2-c2ccccc2)[C@H](NC2CCOCC2)C1. The minimum absolute atomic E-state index is 0.280. The van der Waals surface area contributed by atoms with Crippen LogP contribution >= 0.6 is 0 Å². The molecule has 2 aromatic rings. The summed E-state index contributed by atoms with van der Waals surface area (Å²) in [5, 5.41) is 8.63. The van der Waals surface area contributed by atoms with Crippen LogP contribution in [0.3, 0.4) is 0 Å². The quantitative estimate of drug-likeness (QED) is 0.936.